The molecule has 1 atom stereocenters. The maximum absolute atomic E-state index is 12.3. The van der Waals surface area contributed by atoms with Crippen LogP contribution in [0.15, 0.2) is 48.5 Å². The predicted octanol–water partition coefficient (Wildman–Crippen LogP) is 2.64. The fraction of sp³-hybridized carbons (Fsp3) is 0.409. The van der Waals surface area contributed by atoms with Crippen molar-refractivity contribution in [3.8, 4) is 5.75 Å². The second kappa shape index (κ2) is 9.95. The van der Waals surface area contributed by atoms with E-state index in [0.717, 1.165) is 30.6 Å². The van der Waals surface area contributed by atoms with E-state index < -0.39 is 10.0 Å². The minimum Gasteiger partial charge on any atom is -0.484 e. The van der Waals surface area contributed by atoms with Crippen LogP contribution >= 0.6 is 0 Å². The number of nitrogens with one attached hydrogen (secondary N) is 1. The minimum absolute atomic E-state index is 0.0868. The monoisotopic (exact) mass is 432 g/mol. The number of rotatable bonds is 9. The topological polar surface area (TPSA) is 84.9 Å². The molecule has 1 aliphatic rings. The maximum atomic E-state index is 12.3. The van der Waals surface area contributed by atoms with Gasteiger partial charge in [0.1, 0.15) is 5.75 Å². The van der Waals surface area contributed by atoms with Gasteiger partial charge >= 0.3 is 0 Å². The van der Waals surface area contributed by atoms with E-state index in [1.165, 1.54) is 10.6 Å². The van der Waals surface area contributed by atoms with E-state index in [0.29, 0.717) is 18.0 Å². The number of nitrogens with zero attached hydrogens (tertiary/aromatic N) is 1. The number of sulfonamides is 1. The second-order valence-corrected chi connectivity index (χ2v) is 9.38. The van der Waals surface area contributed by atoms with Crippen LogP contribution in [0, 0.1) is 6.92 Å². The van der Waals surface area contributed by atoms with Gasteiger partial charge < -0.3 is 14.8 Å². The molecule has 0 radical (unpaired) electrons. The third-order valence-corrected chi connectivity index (χ3v) is 6.03. The van der Waals surface area contributed by atoms with Gasteiger partial charge in [-0.2, -0.15) is 0 Å². The van der Waals surface area contributed by atoms with E-state index >= 15 is 0 Å². The molecule has 1 heterocycles. The lowest BCUT2D eigenvalue weighted by Gasteiger charge is -2.23. The van der Waals surface area contributed by atoms with Crippen LogP contribution in [0.5, 0.6) is 5.75 Å². The molecule has 2 aromatic carbocycles. The Hall–Kier alpha value is -2.58. The quantitative estimate of drug-likeness (QED) is 0.659. The molecule has 0 saturated carbocycles. The minimum atomic E-state index is -3.46. The largest absolute Gasteiger partial charge is 0.484 e. The van der Waals surface area contributed by atoms with E-state index in [-0.39, 0.29) is 25.2 Å². The van der Waals surface area contributed by atoms with Gasteiger partial charge in [-0.1, -0.05) is 29.8 Å². The molecule has 7 nitrogen and oxygen atoms in total. The van der Waals surface area contributed by atoms with Crippen molar-refractivity contribution in [2.75, 3.05) is 30.3 Å². The van der Waals surface area contributed by atoms with Crippen molar-refractivity contribution in [1.29, 1.82) is 0 Å². The molecule has 0 bridgehead atoms. The second-order valence-electron chi connectivity index (χ2n) is 7.48. The highest BCUT2D eigenvalue weighted by Crippen LogP contribution is 2.24. The number of anilines is 1. The van der Waals surface area contributed by atoms with Gasteiger partial charge in [0.15, 0.2) is 6.61 Å². The average molecular weight is 433 g/mol. The average Bonchev–Trinajstić information content (AvgIpc) is 3.23. The Morgan fingerprint density at radius 1 is 1.17 bits per heavy atom. The SMILES string of the molecule is Cc1ccc(CN(c2ccc(OCC(=O)NC[C@H]3CCCO3)cc2)S(C)(=O)=O)cc1. The van der Waals surface area contributed by atoms with Crippen molar-refractivity contribution in [2.24, 2.45) is 0 Å². The number of amides is 1. The fourth-order valence-electron chi connectivity index (χ4n) is 3.20. The van der Waals surface area contributed by atoms with Crippen LogP contribution < -0.4 is 14.4 Å². The lowest BCUT2D eigenvalue weighted by atomic mass is 10.1. The normalized spacial score (nSPS) is 16.3. The van der Waals surface area contributed by atoms with Gasteiger partial charge in [-0.15, -0.1) is 0 Å². The first-order chi connectivity index (χ1) is 14.3. The van der Waals surface area contributed by atoms with Gasteiger partial charge in [-0.3, -0.25) is 9.10 Å². The molecule has 0 spiro atoms. The number of aryl methyl sites for hydroxylation is 1. The van der Waals surface area contributed by atoms with Gasteiger partial charge in [-0.05, 0) is 49.6 Å². The zero-order chi connectivity index (χ0) is 21.6. The number of hydrogen-bond acceptors (Lipinski definition) is 5. The molecule has 3 rings (SSSR count). The van der Waals surface area contributed by atoms with E-state index in [9.17, 15) is 13.2 Å². The summed E-state index contributed by atoms with van der Waals surface area (Å²) in [5.41, 5.74) is 2.55. The highest BCUT2D eigenvalue weighted by Gasteiger charge is 2.18. The summed E-state index contributed by atoms with van der Waals surface area (Å²) in [4.78, 5) is 11.9. The van der Waals surface area contributed by atoms with Crippen LogP contribution in [-0.4, -0.2) is 46.4 Å². The zero-order valence-corrected chi connectivity index (χ0v) is 18.2. The first-order valence-corrected chi connectivity index (χ1v) is 11.8. The summed E-state index contributed by atoms with van der Waals surface area (Å²) in [6.45, 7) is 3.36. The van der Waals surface area contributed by atoms with Gasteiger partial charge in [-0.25, -0.2) is 8.42 Å². The smallest absolute Gasteiger partial charge is 0.258 e. The van der Waals surface area contributed by atoms with Crippen LogP contribution in [0.2, 0.25) is 0 Å². The molecule has 1 fully saturated rings. The summed E-state index contributed by atoms with van der Waals surface area (Å²) >= 11 is 0. The first kappa shape index (κ1) is 22.1. The number of ether oxygens (including phenoxy) is 2. The number of hydrogen-bond donors (Lipinski definition) is 1. The van der Waals surface area contributed by atoms with Crippen LogP contribution in [0.1, 0.15) is 24.0 Å². The molecule has 1 N–H and O–H groups in total. The summed E-state index contributed by atoms with van der Waals surface area (Å²) in [6.07, 6.45) is 3.26. The Morgan fingerprint density at radius 2 is 1.87 bits per heavy atom. The predicted molar refractivity (Wildman–Crippen MR) is 116 cm³/mol. The molecule has 30 heavy (non-hydrogen) atoms. The van der Waals surface area contributed by atoms with E-state index in [1.54, 1.807) is 24.3 Å². The van der Waals surface area contributed by atoms with E-state index in [1.807, 2.05) is 31.2 Å². The number of benzene rings is 2. The van der Waals surface area contributed by atoms with Crippen molar-refractivity contribution in [2.45, 2.75) is 32.4 Å². The Labute approximate surface area is 178 Å². The van der Waals surface area contributed by atoms with E-state index in [4.69, 9.17) is 9.47 Å². The fourth-order valence-corrected chi connectivity index (χ4v) is 4.09. The lowest BCUT2D eigenvalue weighted by Crippen LogP contribution is -2.35. The van der Waals surface area contributed by atoms with Gasteiger partial charge in [0.25, 0.3) is 5.91 Å². The summed E-state index contributed by atoms with van der Waals surface area (Å²) in [5, 5.41) is 2.80. The zero-order valence-electron chi connectivity index (χ0n) is 17.3. The van der Waals surface area contributed by atoms with Gasteiger partial charge in [0.2, 0.25) is 10.0 Å². The number of carbonyl (C=O) groups excluding carboxylic acids is 1. The highest BCUT2D eigenvalue weighted by molar-refractivity contribution is 7.92. The molecule has 8 heteroatoms. The molecule has 1 amide bonds. The van der Waals surface area contributed by atoms with Crippen LogP contribution in [0.4, 0.5) is 5.69 Å². The van der Waals surface area contributed by atoms with Crippen molar-refractivity contribution in [3.05, 3.63) is 59.7 Å². The van der Waals surface area contributed by atoms with E-state index in [2.05, 4.69) is 5.32 Å². The third kappa shape index (κ3) is 6.47. The molecule has 0 aliphatic carbocycles. The molecule has 1 aliphatic heterocycles. The van der Waals surface area contributed by atoms with Gasteiger partial charge in [0, 0.05) is 13.2 Å². The summed E-state index contributed by atoms with van der Waals surface area (Å²) in [5.74, 6) is 0.279. The third-order valence-electron chi connectivity index (χ3n) is 4.89. The van der Waals surface area contributed by atoms with Gasteiger partial charge in [0.05, 0.1) is 24.6 Å². The number of carbonyl (C=O) groups is 1. The van der Waals surface area contributed by atoms with Crippen LogP contribution in [0.25, 0.3) is 0 Å². The van der Waals surface area contributed by atoms with Crippen molar-refractivity contribution in [1.82, 2.24) is 5.32 Å². The Balaban J connectivity index is 1.57. The first-order valence-electron chi connectivity index (χ1n) is 9.96. The summed E-state index contributed by atoms with van der Waals surface area (Å²) < 4.78 is 37.0. The standard InChI is InChI=1S/C22H28N2O5S/c1-17-5-7-18(8-6-17)15-24(30(2,26)27)19-9-11-20(12-10-19)29-16-22(25)23-14-21-4-3-13-28-21/h5-12,21H,3-4,13-16H2,1-2H3,(H,23,25)/t21-/m1/s1. The Bertz CT molecular complexity index is 936. The molecule has 1 saturated heterocycles. The lowest BCUT2D eigenvalue weighted by molar-refractivity contribution is -0.123. The maximum Gasteiger partial charge on any atom is 0.258 e. The molecule has 0 unspecified atom stereocenters. The van der Waals surface area contributed by atoms with Crippen molar-refractivity contribution >= 4 is 21.6 Å². The molecule has 2 aromatic rings. The van der Waals surface area contributed by atoms with Crippen LogP contribution in [-0.2, 0) is 26.1 Å². The summed E-state index contributed by atoms with van der Waals surface area (Å²) in [6, 6.07) is 14.4. The molecule has 162 valence electrons. The highest BCUT2D eigenvalue weighted by atomic mass is 32.2. The Kier molecular flexibility index (Phi) is 7.33. The van der Waals surface area contributed by atoms with Crippen LogP contribution in [0.3, 0.4) is 0 Å². The van der Waals surface area contributed by atoms with Crippen molar-refractivity contribution < 1.29 is 22.7 Å². The summed E-state index contributed by atoms with van der Waals surface area (Å²) in [7, 11) is -3.46. The molecule has 0 aromatic heterocycles. The Morgan fingerprint density at radius 3 is 2.47 bits per heavy atom. The molecular formula is C22H28N2O5S. The van der Waals surface area contributed by atoms with Crippen molar-refractivity contribution in [3.63, 3.8) is 0 Å². The molecular weight excluding hydrogens is 404 g/mol.